The predicted molar refractivity (Wildman–Crippen MR) is 76.9 cm³/mol. The molecule has 0 heterocycles. The third-order valence-electron chi connectivity index (χ3n) is 2.50. The molecule has 0 aliphatic carbocycles. The monoisotopic (exact) mass is 293 g/mol. The highest BCUT2D eigenvalue weighted by atomic mass is 16.5. The van der Waals surface area contributed by atoms with Gasteiger partial charge < -0.3 is 14.8 Å². The van der Waals surface area contributed by atoms with Crippen LogP contribution in [0.2, 0.25) is 0 Å². The van der Waals surface area contributed by atoms with E-state index in [1.807, 2.05) is 6.92 Å². The number of ether oxygens (including phenoxy) is 2. The summed E-state index contributed by atoms with van der Waals surface area (Å²) in [6, 6.07) is 6.27. The van der Waals surface area contributed by atoms with Gasteiger partial charge in [-0.2, -0.15) is 0 Å². The van der Waals surface area contributed by atoms with Crippen LogP contribution in [-0.2, 0) is 19.1 Å². The number of amides is 1. The van der Waals surface area contributed by atoms with Gasteiger partial charge >= 0.3 is 11.9 Å². The van der Waals surface area contributed by atoms with Gasteiger partial charge in [0, 0.05) is 12.1 Å². The van der Waals surface area contributed by atoms with Crippen LogP contribution in [0.4, 0.5) is 5.69 Å². The highest BCUT2D eigenvalue weighted by Gasteiger charge is 2.09. The fraction of sp³-hybridized carbons (Fsp3) is 0.400. The second kappa shape index (κ2) is 8.73. The smallest absolute Gasteiger partial charge is 0.338 e. The van der Waals surface area contributed by atoms with Gasteiger partial charge in [0.15, 0.2) is 6.61 Å². The minimum atomic E-state index is -0.427. The van der Waals surface area contributed by atoms with Gasteiger partial charge in [0.1, 0.15) is 0 Å². The molecule has 1 N–H and O–H groups in total. The van der Waals surface area contributed by atoms with Gasteiger partial charge in [-0.25, -0.2) is 4.79 Å². The van der Waals surface area contributed by atoms with Gasteiger partial charge in [-0.05, 0) is 37.6 Å². The molecule has 0 fully saturated rings. The average Bonchev–Trinajstić information content (AvgIpc) is 2.46. The van der Waals surface area contributed by atoms with Crippen molar-refractivity contribution in [1.29, 1.82) is 0 Å². The zero-order chi connectivity index (χ0) is 15.7. The molecular formula is C15H19NO5. The van der Waals surface area contributed by atoms with Crippen molar-refractivity contribution in [1.82, 2.24) is 0 Å². The third-order valence-corrected chi connectivity index (χ3v) is 2.50. The van der Waals surface area contributed by atoms with Crippen LogP contribution in [0.25, 0.3) is 0 Å². The lowest BCUT2D eigenvalue weighted by Crippen LogP contribution is -2.20. The van der Waals surface area contributed by atoms with E-state index in [9.17, 15) is 14.4 Å². The molecule has 0 spiro atoms. The number of benzene rings is 1. The van der Waals surface area contributed by atoms with Crippen LogP contribution in [0.15, 0.2) is 24.3 Å². The summed E-state index contributed by atoms with van der Waals surface area (Å²) in [4.78, 5) is 34.1. The Balaban J connectivity index is 2.46. The maximum Gasteiger partial charge on any atom is 0.338 e. The molecule has 0 saturated carbocycles. The van der Waals surface area contributed by atoms with Gasteiger partial charge in [0.25, 0.3) is 5.91 Å². The van der Waals surface area contributed by atoms with Gasteiger partial charge in [-0.1, -0.05) is 6.92 Å². The van der Waals surface area contributed by atoms with Crippen LogP contribution in [0.5, 0.6) is 0 Å². The number of esters is 2. The van der Waals surface area contributed by atoms with Crippen LogP contribution in [0.1, 0.15) is 37.0 Å². The Hall–Kier alpha value is -2.37. The van der Waals surface area contributed by atoms with Crippen LogP contribution in [0.3, 0.4) is 0 Å². The molecule has 0 atom stereocenters. The number of hydrogen-bond acceptors (Lipinski definition) is 5. The van der Waals surface area contributed by atoms with E-state index in [1.165, 1.54) is 0 Å². The molecule has 0 saturated heterocycles. The molecule has 0 unspecified atom stereocenters. The molecule has 1 rings (SSSR count). The van der Waals surface area contributed by atoms with Crippen molar-refractivity contribution in [3.63, 3.8) is 0 Å². The zero-order valence-electron chi connectivity index (χ0n) is 12.2. The van der Waals surface area contributed by atoms with Crippen LogP contribution in [-0.4, -0.2) is 31.1 Å². The standard InChI is InChI=1S/C15H19NO5/c1-3-5-14(18)21-10-13(17)16-12-8-6-11(7-9-12)15(19)20-4-2/h6-9H,3-5,10H2,1-2H3,(H,16,17). The summed E-state index contributed by atoms with van der Waals surface area (Å²) in [5.41, 5.74) is 0.920. The lowest BCUT2D eigenvalue weighted by Gasteiger charge is -2.07. The van der Waals surface area contributed by atoms with Crippen molar-refractivity contribution in [2.45, 2.75) is 26.7 Å². The van der Waals surface area contributed by atoms with Crippen molar-refractivity contribution in [2.24, 2.45) is 0 Å². The Bertz CT molecular complexity index is 495. The van der Waals surface area contributed by atoms with Crippen LogP contribution >= 0.6 is 0 Å². The number of anilines is 1. The average molecular weight is 293 g/mol. The summed E-state index contributed by atoms with van der Waals surface area (Å²) in [6.07, 6.45) is 0.970. The highest BCUT2D eigenvalue weighted by Crippen LogP contribution is 2.10. The fourth-order valence-electron chi connectivity index (χ4n) is 1.52. The maximum atomic E-state index is 11.6. The van der Waals surface area contributed by atoms with Crippen molar-refractivity contribution in [2.75, 3.05) is 18.5 Å². The maximum absolute atomic E-state index is 11.6. The molecule has 1 amide bonds. The Labute approximate surface area is 123 Å². The summed E-state index contributed by atoms with van der Waals surface area (Å²) in [5, 5.41) is 2.57. The van der Waals surface area contributed by atoms with Crippen molar-refractivity contribution < 1.29 is 23.9 Å². The molecule has 114 valence electrons. The summed E-state index contributed by atoms with van der Waals surface area (Å²) in [6.45, 7) is 3.57. The Morgan fingerprint density at radius 1 is 1.05 bits per heavy atom. The molecule has 0 aromatic heterocycles. The molecule has 6 nitrogen and oxygen atoms in total. The molecule has 1 aromatic carbocycles. The van der Waals surface area contributed by atoms with Gasteiger partial charge in [-0.3, -0.25) is 9.59 Å². The molecule has 0 bridgehead atoms. The van der Waals surface area contributed by atoms with Crippen molar-refractivity contribution in [3.05, 3.63) is 29.8 Å². The van der Waals surface area contributed by atoms with E-state index in [2.05, 4.69) is 5.32 Å². The number of nitrogens with one attached hydrogen (secondary N) is 1. The lowest BCUT2D eigenvalue weighted by molar-refractivity contribution is -0.147. The molecule has 0 radical (unpaired) electrons. The highest BCUT2D eigenvalue weighted by molar-refractivity contribution is 5.94. The number of rotatable bonds is 7. The van der Waals surface area contributed by atoms with Gasteiger partial charge in [-0.15, -0.1) is 0 Å². The minimum Gasteiger partial charge on any atom is -0.462 e. The quantitative estimate of drug-likeness (QED) is 0.779. The summed E-state index contributed by atoms with van der Waals surface area (Å²) >= 11 is 0. The first-order valence-corrected chi connectivity index (χ1v) is 6.79. The second-order valence-electron chi connectivity index (χ2n) is 4.26. The van der Waals surface area contributed by atoms with Crippen LogP contribution < -0.4 is 5.32 Å². The SMILES string of the molecule is CCCC(=O)OCC(=O)Nc1ccc(C(=O)OCC)cc1. The topological polar surface area (TPSA) is 81.7 Å². The molecule has 6 heteroatoms. The normalized spacial score (nSPS) is 9.81. The van der Waals surface area contributed by atoms with Crippen molar-refractivity contribution >= 4 is 23.5 Å². The Morgan fingerprint density at radius 2 is 1.71 bits per heavy atom. The summed E-state index contributed by atoms with van der Waals surface area (Å²) < 4.78 is 9.64. The van der Waals surface area contributed by atoms with Crippen LogP contribution in [0, 0.1) is 0 Å². The predicted octanol–water partition coefficient (Wildman–Crippen LogP) is 2.15. The molecular weight excluding hydrogens is 274 g/mol. The Kier molecular flexibility index (Phi) is 6.94. The van der Waals surface area contributed by atoms with E-state index in [4.69, 9.17) is 9.47 Å². The van der Waals surface area contributed by atoms with Gasteiger partial charge in [0.05, 0.1) is 12.2 Å². The van der Waals surface area contributed by atoms with Crippen molar-refractivity contribution in [3.8, 4) is 0 Å². The zero-order valence-corrected chi connectivity index (χ0v) is 12.2. The van der Waals surface area contributed by atoms with E-state index in [1.54, 1.807) is 31.2 Å². The van der Waals surface area contributed by atoms with E-state index >= 15 is 0 Å². The van der Waals surface area contributed by atoms with E-state index in [-0.39, 0.29) is 6.61 Å². The molecule has 21 heavy (non-hydrogen) atoms. The lowest BCUT2D eigenvalue weighted by atomic mass is 10.2. The summed E-state index contributed by atoms with van der Waals surface area (Å²) in [7, 11) is 0. The number of hydrogen-bond donors (Lipinski definition) is 1. The number of carbonyl (C=O) groups is 3. The van der Waals surface area contributed by atoms with E-state index < -0.39 is 17.8 Å². The largest absolute Gasteiger partial charge is 0.462 e. The Morgan fingerprint density at radius 3 is 2.29 bits per heavy atom. The molecule has 1 aromatic rings. The first-order valence-electron chi connectivity index (χ1n) is 6.79. The van der Waals surface area contributed by atoms with Gasteiger partial charge in [0.2, 0.25) is 0 Å². The fourth-order valence-corrected chi connectivity index (χ4v) is 1.52. The van der Waals surface area contributed by atoms with E-state index in [0.29, 0.717) is 30.7 Å². The molecule has 0 aliphatic rings. The molecule has 0 aliphatic heterocycles. The first kappa shape index (κ1) is 16.7. The summed E-state index contributed by atoms with van der Waals surface area (Å²) in [5.74, 6) is -1.24. The minimum absolute atomic E-state index is 0.293. The first-order chi connectivity index (χ1) is 10.1. The third kappa shape index (κ3) is 6.07. The number of carbonyl (C=O) groups excluding carboxylic acids is 3. The van der Waals surface area contributed by atoms with E-state index in [0.717, 1.165) is 0 Å². The second-order valence-corrected chi connectivity index (χ2v) is 4.26.